The van der Waals surface area contributed by atoms with Gasteiger partial charge in [0.15, 0.2) is 0 Å². The molecule has 3 nitrogen and oxygen atoms in total. The van der Waals surface area contributed by atoms with E-state index in [1.54, 1.807) is 6.20 Å². The quantitative estimate of drug-likeness (QED) is 0.362. The van der Waals surface area contributed by atoms with Crippen molar-refractivity contribution in [1.82, 2.24) is 9.97 Å². The Morgan fingerprint density at radius 3 is 2.38 bits per heavy atom. The summed E-state index contributed by atoms with van der Waals surface area (Å²) >= 11 is 0. The number of ether oxygens (including phenoxy) is 1. The van der Waals surface area contributed by atoms with Gasteiger partial charge in [-0.15, -0.1) is 0 Å². The summed E-state index contributed by atoms with van der Waals surface area (Å²) in [7, 11) is 0. The Morgan fingerprint density at radius 2 is 1.50 bits per heavy atom. The minimum atomic E-state index is 0.128. The third-order valence-electron chi connectivity index (χ3n) is 6.53. The highest BCUT2D eigenvalue weighted by molar-refractivity contribution is 6.98. The maximum absolute atomic E-state index is 6.05. The summed E-state index contributed by atoms with van der Waals surface area (Å²) in [5.41, 5.74) is 10.9. The molecule has 1 aliphatic heterocycles. The molecule has 4 heteroatoms. The molecule has 0 unspecified atom stereocenters. The maximum Gasteiger partial charge on any atom is 0.266 e. The molecule has 0 aliphatic carbocycles. The largest absolute Gasteiger partial charge is 0.439 e. The number of rotatable bonds is 4. The van der Waals surface area contributed by atoms with Crippen LogP contribution in [0.25, 0.3) is 22.3 Å². The number of aryl methyl sites for hydroxylation is 2. The fraction of sp³-hybridized carbons (Fsp3) is 0.0667. The van der Waals surface area contributed by atoms with Crippen LogP contribution in [-0.2, 0) is 0 Å². The Hall–Kier alpha value is -4.18. The van der Waals surface area contributed by atoms with Gasteiger partial charge in [0.2, 0.25) is 5.88 Å². The molecule has 34 heavy (non-hydrogen) atoms. The standard InChI is InChI=1S/C30H23BN2O/c1-20-14-16-32-29(17-20)34-24-9-5-8-22(18-24)23-12-13-26-25-10-3-4-11-27(25)31(28(26)19-23)30-21(2)7-6-15-33-30/h3-19H,1-2H3. The van der Waals surface area contributed by atoms with Gasteiger partial charge in [0.1, 0.15) is 5.75 Å². The SMILES string of the molecule is Cc1ccnc(Oc2cccc(-c3ccc4c(c3)B(c3ncccc3C)c3ccccc3-4)c2)c1. The first-order valence-corrected chi connectivity index (χ1v) is 11.5. The molecule has 5 aromatic rings. The molecular weight excluding hydrogens is 415 g/mol. The van der Waals surface area contributed by atoms with Gasteiger partial charge in [0.05, 0.1) is 0 Å². The Kier molecular flexibility index (Phi) is 4.99. The summed E-state index contributed by atoms with van der Waals surface area (Å²) in [5.74, 6) is 1.38. The number of benzene rings is 3. The fourth-order valence-corrected chi connectivity index (χ4v) is 4.91. The summed E-state index contributed by atoms with van der Waals surface area (Å²) in [6.07, 6.45) is 3.67. The summed E-state index contributed by atoms with van der Waals surface area (Å²) in [5, 5.41) is 0. The van der Waals surface area contributed by atoms with Gasteiger partial charge in [-0.1, -0.05) is 71.6 Å². The van der Waals surface area contributed by atoms with E-state index in [2.05, 4.69) is 72.6 Å². The first-order valence-electron chi connectivity index (χ1n) is 11.5. The predicted molar refractivity (Wildman–Crippen MR) is 140 cm³/mol. The third kappa shape index (κ3) is 3.58. The highest BCUT2D eigenvalue weighted by Crippen LogP contribution is 2.30. The van der Waals surface area contributed by atoms with Crippen molar-refractivity contribution in [3.63, 3.8) is 0 Å². The van der Waals surface area contributed by atoms with Crippen LogP contribution in [0.15, 0.2) is 103 Å². The van der Waals surface area contributed by atoms with Gasteiger partial charge in [0.25, 0.3) is 6.71 Å². The van der Waals surface area contributed by atoms with Crippen molar-refractivity contribution in [2.75, 3.05) is 0 Å². The molecule has 0 fully saturated rings. The fourth-order valence-electron chi connectivity index (χ4n) is 4.91. The van der Waals surface area contributed by atoms with E-state index in [0.29, 0.717) is 5.88 Å². The Labute approximate surface area is 200 Å². The zero-order valence-electron chi connectivity index (χ0n) is 19.2. The minimum Gasteiger partial charge on any atom is -0.439 e. The van der Waals surface area contributed by atoms with E-state index in [1.165, 1.54) is 27.6 Å². The molecular formula is C30H23BN2O. The Morgan fingerprint density at radius 1 is 0.647 bits per heavy atom. The molecule has 2 aromatic heterocycles. The van der Waals surface area contributed by atoms with Crippen molar-refractivity contribution in [2.24, 2.45) is 0 Å². The number of hydrogen-bond donors (Lipinski definition) is 0. The minimum absolute atomic E-state index is 0.128. The summed E-state index contributed by atoms with van der Waals surface area (Å²) in [6, 6.07) is 31.7. The lowest BCUT2D eigenvalue weighted by atomic mass is 9.40. The topological polar surface area (TPSA) is 35.0 Å². The molecule has 0 bridgehead atoms. The lowest BCUT2D eigenvalue weighted by Gasteiger charge is -2.14. The molecule has 0 spiro atoms. The zero-order valence-corrected chi connectivity index (χ0v) is 19.2. The van der Waals surface area contributed by atoms with Crippen molar-refractivity contribution >= 4 is 23.2 Å². The zero-order chi connectivity index (χ0) is 23.1. The van der Waals surface area contributed by atoms with Gasteiger partial charge in [-0.2, -0.15) is 0 Å². The van der Waals surface area contributed by atoms with Gasteiger partial charge in [-0.3, -0.25) is 4.98 Å². The smallest absolute Gasteiger partial charge is 0.266 e. The van der Waals surface area contributed by atoms with E-state index in [1.807, 2.05) is 43.5 Å². The van der Waals surface area contributed by atoms with Gasteiger partial charge < -0.3 is 4.74 Å². The third-order valence-corrected chi connectivity index (χ3v) is 6.53. The van der Waals surface area contributed by atoms with Crippen LogP contribution < -0.4 is 21.3 Å². The molecule has 3 aromatic carbocycles. The second kappa shape index (κ2) is 8.31. The average Bonchev–Trinajstić information content (AvgIpc) is 3.18. The van der Waals surface area contributed by atoms with E-state index >= 15 is 0 Å². The number of nitrogens with zero attached hydrogens (tertiary/aromatic N) is 2. The van der Waals surface area contributed by atoms with Crippen molar-refractivity contribution in [2.45, 2.75) is 13.8 Å². The summed E-state index contributed by atoms with van der Waals surface area (Å²) in [6.45, 7) is 4.31. The molecule has 0 radical (unpaired) electrons. The lowest BCUT2D eigenvalue weighted by molar-refractivity contribution is 0.462. The predicted octanol–water partition coefficient (Wildman–Crippen LogP) is 5.05. The second-order valence-corrected chi connectivity index (χ2v) is 8.83. The van der Waals surface area contributed by atoms with Crippen LogP contribution in [0.2, 0.25) is 0 Å². The Bertz CT molecular complexity index is 1530. The average molecular weight is 438 g/mol. The van der Waals surface area contributed by atoms with E-state index < -0.39 is 0 Å². The number of fused-ring (bicyclic) bond motifs is 3. The monoisotopic (exact) mass is 438 g/mol. The van der Waals surface area contributed by atoms with Crippen LogP contribution >= 0.6 is 0 Å². The van der Waals surface area contributed by atoms with Crippen LogP contribution in [0.3, 0.4) is 0 Å². The van der Waals surface area contributed by atoms with Crippen LogP contribution in [0.4, 0.5) is 0 Å². The van der Waals surface area contributed by atoms with E-state index in [4.69, 9.17) is 9.72 Å². The molecule has 0 amide bonds. The molecule has 0 N–H and O–H groups in total. The normalized spacial score (nSPS) is 11.8. The van der Waals surface area contributed by atoms with Gasteiger partial charge in [-0.05, 0) is 71.5 Å². The van der Waals surface area contributed by atoms with Crippen molar-refractivity contribution in [3.8, 4) is 33.9 Å². The molecule has 3 heterocycles. The van der Waals surface area contributed by atoms with E-state index in [0.717, 1.165) is 28.0 Å². The first-order chi connectivity index (χ1) is 16.7. The lowest BCUT2D eigenvalue weighted by Crippen LogP contribution is -2.51. The Balaban J connectivity index is 1.43. The van der Waals surface area contributed by atoms with Gasteiger partial charge >= 0.3 is 0 Å². The second-order valence-electron chi connectivity index (χ2n) is 8.83. The number of hydrogen-bond acceptors (Lipinski definition) is 3. The number of pyridine rings is 2. The number of aromatic nitrogens is 2. The van der Waals surface area contributed by atoms with E-state index in [9.17, 15) is 0 Å². The molecule has 162 valence electrons. The molecule has 6 rings (SSSR count). The van der Waals surface area contributed by atoms with Crippen LogP contribution in [0.1, 0.15) is 11.1 Å². The summed E-state index contributed by atoms with van der Waals surface area (Å²) < 4.78 is 6.05. The van der Waals surface area contributed by atoms with Crippen molar-refractivity contribution in [3.05, 3.63) is 115 Å². The molecule has 0 atom stereocenters. The molecule has 0 saturated heterocycles. The summed E-state index contributed by atoms with van der Waals surface area (Å²) in [4.78, 5) is 9.13. The molecule has 1 aliphatic rings. The maximum atomic E-state index is 6.05. The van der Waals surface area contributed by atoms with Crippen LogP contribution in [-0.4, -0.2) is 16.7 Å². The molecule has 0 saturated carbocycles. The highest BCUT2D eigenvalue weighted by Gasteiger charge is 2.35. The van der Waals surface area contributed by atoms with E-state index in [-0.39, 0.29) is 6.71 Å². The van der Waals surface area contributed by atoms with Crippen LogP contribution in [0.5, 0.6) is 11.6 Å². The highest BCUT2D eigenvalue weighted by atomic mass is 16.5. The van der Waals surface area contributed by atoms with Gasteiger partial charge in [0, 0.05) is 24.1 Å². The van der Waals surface area contributed by atoms with Gasteiger partial charge in [-0.25, -0.2) is 4.98 Å². The van der Waals surface area contributed by atoms with Crippen LogP contribution in [0, 0.1) is 13.8 Å². The van der Waals surface area contributed by atoms with Crippen molar-refractivity contribution < 1.29 is 4.74 Å². The van der Waals surface area contributed by atoms with Crippen molar-refractivity contribution in [1.29, 1.82) is 0 Å². The first kappa shape index (κ1) is 20.4.